The first-order valence-electron chi connectivity index (χ1n) is 6.53. The number of rotatable bonds is 8. The molecule has 1 aromatic carbocycles. The third kappa shape index (κ3) is 7.24. The lowest BCUT2D eigenvalue weighted by Gasteiger charge is -2.14. The maximum Gasteiger partial charge on any atom is 0.326 e. The van der Waals surface area contributed by atoms with Crippen LogP contribution >= 0.6 is 23.4 Å². The second-order valence-corrected chi connectivity index (χ2v) is 5.87. The standard InChI is InChI=1S/C14H19ClN2O3S/c1-21-8-6-12(13(18)19)17-14(20)16-7-5-10-3-2-4-11(15)9-10/h2-4,9,12H,5-8H2,1H3,(H,18,19)(H2,16,17,20). The zero-order valence-corrected chi connectivity index (χ0v) is 13.3. The van der Waals surface area contributed by atoms with Crippen molar-refractivity contribution >= 4 is 35.4 Å². The van der Waals surface area contributed by atoms with Crippen LogP contribution in [0.25, 0.3) is 0 Å². The van der Waals surface area contributed by atoms with Gasteiger partial charge in [-0.2, -0.15) is 11.8 Å². The molecule has 0 saturated heterocycles. The van der Waals surface area contributed by atoms with Crippen LogP contribution in [0.15, 0.2) is 24.3 Å². The summed E-state index contributed by atoms with van der Waals surface area (Å²) in [6.07, 6.45) is 2.93. The van der Waals surface area contributed by atoms with Gasteiger partial charge in [0.2, 0.25) is 0 Å². The van der Waals surface area contributed by atoms with Crippen LogP contribution in [0, 0.1) is 0 Å². The van der Waals surface area contributed by atoms with Crippen LogP contribution in [-0.2, 0) is 11.2 Å². The van der Waals surface area contributed by atoms with Gasteiger partial charge in [0.05, 0.1) is 0 Å². The molecule has 2 amide bonds. The van der Waals surface area contributed by atoms with Crippen LogP contribution in [-0.4, -0.2) is 41.7 Å². The van der Waals surface area contributed by atoms with E-state index in [1.54, 1.807) is 17.8 Å². The molecular formula is C14H19ClN2O3S. The number of thioether (sulfide) groups is 1. The van der Waals surface area contributed by atoms with E-state index < -0.39 is 18.0 Å². The van der Waals surface area contributed by atoms with Gasteiger partial charge in [-0.1, -0.05) is 23.7 Å². The van der Waals surface area contributed by atoms with Gasteiger partial charge in [-0.3, -0.25) is 0 Å². The first-order chi connectivity index (χ1) is 10.0. The summed E-state index contributed by atoms with van der Waals surface area (Å²) in [7, 11) is 0. The number of hydrogen-bond acceptors (Lipinski definition) is 3. The molecule has 21 heavy (non-hydrogen) atoms. The minimum atomic E-state index is -1.02. The molecule has 1 atom stereocenters. The molecule has 0 aromatic heterocycles. The smallest absolute Gasteiger partial charge is 0.326 e. The Balaban J connectivity index is 2.34. The Hall–Kier alpha value is -1.40. The average molecular weight is 331 g/mol. The van der Waals surface area contributed by atoms with E-state index in [2.05, 4.69) is 10.6 Å². The Morgan fingerprint density at radius 2 is 2.19 bits per heavy atom. The van der Waals surface area contributed by atoms with Gasteiger partial charge in [0.15, 0.2) is 0 Å². The summed E-state index contributed by atoms with van der Waals surface area (Å²) in [6, 6.07) is 6.06. The van der Waals surface area contributed by atoms with Crippen molar-refractivity contribution in [2.45, 2.75) is 18.9 Å². The quantitative estimate of drug-likeness (QED) is 0.684. The lowest BCUT2D eigenvalue weighted by atomic mass is 10.1. The Morgan fingerprint density at radius 3 is 2.81 bits per heavy atom. The molecule has 3 N–H and O–H groups in total. The molecule has 0 aliphatic heterocycles. The van der Waals surface area contributed by atoms with Crippen molar-refractivity contribution in [3.8, 4) is 0 Å². The number of hydrogen-bond donors (Lipinski definition) is 3. The third-order valence-corrected chi connectivity index (χ3v) is 3.68. The summed E-state index contributed by atoms with van der Waals surface area (Å²) in [5.74, 6) is -0.339. The maximum absolute atomic E-state index is 11.7. The number of carbonyl (C=O) groups is 2. The summed E-state index contributed by atoms with van der Waals surface area (Å²) < 4.78 is 0. The zero-order chi connectivity index (χ0) is 15.7. The minimum Gasteiger partial charge on any atom is -0.480 e. The van der Waals surface area contributed by atoms with E-state index in [4.69, 9.17) is 16.7 Å². The van der Waals surface area contributed by atoms with Gasteiger partial charge < -0.3 is 15.7 Å². The average Bonchev–Trinajstić information content (AvgIpc) is 2.43. The van der Waals surface area contributed by atoms with E-state index >= 15 is 0 Å². The summed E-state index contributed by atoms with van der Waals surface area (Å²) >= 11 is 7.41. The molecule has 0 aliphatic rings. The topological polar surface area (TPSA) is 78.4 Å². The number of benzene rings is 1. The van der Waals surface area contributed by atoms with Crippen LogP contribution in [0.5, 0.6) is 0 Å². The summed E-state index contributed by atoms with van der Waals surface area (Å²) in [6.45, 7) is 0.418. The predicted molar refractivity (Wildman–Crippen MR) is 86.1 cm³/mol. The van der Waals surface area contributed by atoms with Crippen molar-refractivity contribution in [1.82, 2.24) is 10.6 Å². The van der Waals surface area contributed by atoms with Crippen molar-refractivity contribution < 1.29 is 14.7 Å². The first kappa shape index (κ1) is 17.7. The molecule has 0 fully saturated rings. The molecule has 0 bridgehead atoms. The second-order valence-electron chi connectivity index (χ2n) is 4.45. The van der Waals surface area contributed by atoms with Gasteiger partial charge >= 0.3 is 12.0 Å². The highest BCUT2D eigenvalue weighted by Gasteiger charge is 2.18. The number of carboxylic acid groups (broad SMARTS) is 1. The number of nitrogens with one attached hydrogen (secondary N) is 2. The lowest BCUT2D eigenvalue weighted by molar-refractivity contribution is -0.139. The fourth-order valence-electron chi connectivity index (χ4n) is 1.72. The van der Waals surface area contributed by atoms with E-state index in [0.29, 0.717) is 30.2 Å². The molecule has 1 unspecified atom stereocenters. The largest absolute Gasteiger partial charge is 0.480 e. The highest BCUT2D eigenvalue weighted by atomic mass is 35.5. The Kier molecular flexibility index (Phi) is 8.00. The van der Waals surface area contributed by atoms with Gasteiger partial charge in [0.1, 0.15) is 6.04 Å². The molecule has 5 nitrogen and oxygen atoms in total. The van der Waals surface area contributed by atoms with E-state index in [0.717, 1.165) is 5.56 Å². The number of amides is 2. The SMILES string of the molecule is CSCCC(NC(=O)NCCc1cccc(Cl)c1)C(=O)O. The number of carboxylic acids is 1. The molecule has 1 aromatic rings. The Labute approximate surface area is 133 Å². The fourth-order valence-corrected chi connectivity index (χ4v) is 2.40. The Bertz CT molecular complexity index is 485. The van der Waals surface area contributed by atoms with Gasteiger partial charge in [-0.15, -0.1) is 0 Å². The monoisotopic (exact) mass is 330 g/mol. The van der Waals surface area contributed by atoms with Gasteiger partial charge in [-0.05, 0) is 42.5 Å². The van der Waals surface area contributed by atoms with Gasteiger partial charge in [0.25, 0.3) is 0 Å². The zero-order valence-electron chi connectivity index (χ0n) is 11.8. The molecule has 0 heterocycles. The highest BCUT2D eigenvalue weighted by molar-refractivity contribution is 7.98. The van der Waals surface area contributed by atoms with Crippen molar-refractivity contribution in [1.29, 1.82) is 0 Å². The molecule has 116 valence electrons. The fraction of sp³-hybridized carbons (Fsp3) is 0.429. The van der Waals surface area contributed by atoms with E-state index in [1.807, 2.05) is 24.5 Å². The molecular weight excluding hydrogens is 312 g/mol. The predicted octanol–water partition coefficient (Wildman–Crippen LogP) is 2.39. The van der Waals surface area contributed by atoms with Crippen LogP contribution in [0.2, 0.25) is 5.02 Å². The third-order valence-electron chi connectivity index (χ3n) is 2.80. The van der Waals surface area contributed by atoms with Crippen LogP contribution < -0.4 is 10.6 Å². The summed E-state index contributed by atoms with van der Waals surface area (Å²) in [5, 5.41) is 14.8. The number of aliphatic carboxylic acids is 1. The van der Waals surface area contributed by atoms with Crippen molar-refractivity contribution in [2.24, 2.45) is 0 Å². The van der Waals surface area contributed by atoms with Gasteiger partial charge in [-0.25, -0.2) is 9.59 Å². The van der Waals surface area contributed by atoms with Crippen LogP contribution in [0.4, 0.5) is 4.79 Å². The molecule has 0 saturated carbocycles. The number of urea groups is 1. The van der Waals surface area contributed by atoms with E-state index in [1.165, 1.54) is 0 Å². The maximum atomic E-state index is 11.7. The first-order valence-corrected chi connectivity index (χ1v) is 8.30. The molecule has 0 aliphatic carbocycles. The minimum absolute atomic E-state index is 0.401. The molecule has 0 radical (unpaired) electrons. The van der Waals surface area contributed by atoms with Crippen molar-refractivity contribution in [3.05, 3.63) is 34.9 Å². The normalized spacial score (nSPS) is 11.7. The van der Waals surface area contributed by atoms with Crippen LogP contribution in [0.1, 0.15) is 12.0 Å². The highest BCUT2D eigenvalue weighted by Crippen LogP contribution is 2.10. The number of carbonyl (C=O) groups excluding carboxylic acids is 1. The second kappa shape index (κ2) is 9.52. The summed E-state index contributed by atoms with van der Waals surface area (Å²) in [4.78, 5) is 22.7. The van der Waals surface area contributed by atoms with E-state index in [-0.39, 0.29) is 0 Å². The van der Waals surface area contributed by atoms with Crippen LogP contribution in [0.3, 0.4) is 0 Å². The van der Waals surface area contributed by atoms with Crippen molar-refractivity contribution in [3.63, 3.8) is 0 Å². The number of halogens is 1. The molecule has 1 rings (SSSR count). The molecule has 7 heteroatoms. The van der Waals surface area contributed by atoms with Crippen molar-refractivity contribution in [2.75, 3.05) is 18.6 Å². The van der Waals surface area contributed by atoms with E-state index in [9.17, 15) is 9.59 Å². The summed E-state index contributed by atoms with van der Waals surface area (Å²) in [5.41, 5.74) is 1.01. The van der Waals surface area contributed by atoms with Gasteiger partial charge in [0, 0.05) is 11.6 Å². The lowest BCUT2D eigenvalue weighted by Crippen LogP contribution is -2.46. The molecule has 0 spiro atoms. The Morgan fingerprint density at radius 1 is 1.43 bits per heavy atom.